The molecule has 2 aliphatic rings. The van der Waals surface area contributed by atoms with Crippen LogP contribution in [0.5, 0.6) is 0 Å². The second-order valence-electron chi connectivity index (χ2n) is 8.60. The molecule has 0 aliphatic heterocycles. The summed E-state index contributed by atoms with van der Waals surface area (Å²) >= 11 is 0. The van der Waals surface area contributed by atoms with Crippen LogP contribution in [0.3, 0.4) is 0 Å². The van der Waals surface area contributed by atoms with E-state index in [1.54, 1.807) is 0 Å². The van der Waals surface area contributed by atoms with Gasteiger partial charge in [0.05, 0.1) is 5.60 Å². The first-order chi connectivity index (χ1) is 9.74. The summed E-state index contributed by atoms with van der Waals surface area (Å²) in [7, 11) is 0. The zero-order chi connectivity index (χ0) is 15.7. The summed E-state index contributed by atoms with van der Waals surface area (Å²) in [4.78, 5) is 12.3. The highest BCUT2D eigenvalue weighted by Crippen LogP contribution is 2.55. The van der Waals surface area contributed by atoms with Crippen molar-refractivity contribution in [2.24, 2.45) is 23.2 Å². The lowest BCUT2D eigenvalue weighted by Gasteiger charge is -2.52. The molecule has 1 N–H and O–H groups in total. The molecule has 2 heteroatoms. The number of hydrogen-bond acceptors (Lipinski definition) is 2. The molecule has 2 rings (SSSR count). The highest BCUT2D eigenvalue weighted by atomic mass is 16.3. The van der Waals surface area contributed by atoms with Gasteiger partial charge in [0.1, 0.15) is 5.78 Å². The van der Waals surface area contributed by atoms with E-state index in [2.05, 4.69) is 13.8 Å². The molecule has 0 aromatic carbocycles. The van der Waals surface area contributed by atoms with Gasteiger partial charge in [-0.25, -0.2) is 0 Å². The van der Waals surface area contributed by atoms with Gasteiger partial charge in [0, 0.05) is 12.3 Å². The first-order valence-electron chi connectivity index (χ1n) is 8.99. The minimum absolute atomic E-state index is 0.252. The third kappa shape index (κ3) is 3.88. The number of aliphatic hydroxyl groups is 1. The zero-order valence-electron chi connectivity index (χ0n) is 14.5. The number of ketones is 1. The van der Waals surface area contributed by atoms with Gasteiger partial charge in [-0.05, 0) is 63.2 Å². The van der Waals surface area contributed by atoms with E-state index in [1.165, 1.54) is 25.7 Å². The van der Waals surface area contributed by atoms with Gasteiger partial charge in [-0.15, -0.1) is 0 Å². The van der Waals surface area contributed by atoms with Crippen LogP contribution >= 0.6 is 0 Å². The van der Waals surface area contributed by atoms with Gasteiger partial charge in [0.2, 0.25) is 0 Å². The van der Waals surface area contributed by atoms with Crippen LogP contribution in [0.15, 0.2) is 0 Å². The van der Waals surface area contributed by atoms with Crippen molar-refractivity contribution in [1.82, 2.24) is 0 Å². The summed E-state index contributed by atoms with van der Waals surface area (Å²) < 4.78 is 0. The molecule has 0 heterocycles. The Morgan fingerprint density at radius 2 is 2.05 bits per heavy atom. The lowest BCUT2D eigenvalue weighted by molar-refractivity contribution is -0.137. The smallest absolute Gasteiger partial charge is 0.136 e. The minimum atomic E-state index is -0.542. The maximum Gasteiger partial charge on any atom is 0.136 e. The SMILES string of the molecule is C[C@H](CCCC(C)(C)O)[C@H]1CCC[C@H]2C(=O)CCC[C@]12C. The largest absolute Gasteiger partial charge is 0.390 e. The van der Waals surface area contributed by atoms with Crippen molar-refractivity contribution in [3.05, 3.63) is 0 Å². The first-order valence-corrected chi connectivity index (χ1v) is 8.99. The number of fused-ring (bicyclic) bond motifs is 1. The Hall–Kier alpha value is -0.370. The van der Waals surface area contributed by atoms with Gasteiger partial charge < -0.3 is 5.11 Å². The summed E-state index contributed by atoms with van der Waals surface area (Å²) in [6.07, 6.45) is 9.96. The van der Waals surface area contributed by atoms with E-state index in [0.29, 0.717) is 23.5 Å². The molecule has 0 bridgehead atoms. The van der Waals surface area contributed by atoms with Crippen molar-refractivity contribution in [1.29, 1.82) is 0 Å². The van der Waals surface area contributed by atoms with Crippen LogP contribution in [-0.2, 0) is 4.79 Å². The summed E-state index contributed by atoms with van der Waals surface area (Å²) in [5, 5.41) is 9.87. The van der Waals surface area contributed by atoms with Crippen molar-refractivity contribution >= 4 is 5.78 Å². The first kappa shape index (κ1) is 17.0. The quantitative estimate of drug-likeness (QED) is 0.795. The second-order valence-corrected chi connectivity index (χ2v) is 8.60. The monoisotopic (exact) mass is 294 g/mol. The van der Waals surface area contributed by atoms with Crippen molar-refractivity contribution in [2.75, 3.05) is 0 Å². The fourth-order valence-corrected chi connectivity index (χ4v) is 5.16. The van der Waals surface area contributed by atoms with Gasteiger partial charge >= 0.3 is 0 Å². The molecule has 122 valence electrons. The third-order valence-corrected chi connectivity index (χ3v) is 6.31. The average Bonchev–Trinajstić information content (AvgIpc) is 2.36. The highest BCUT2D eigenvalue weighted by molar-refractivity contribution is 5.82. The van der Waals surface area contributed by atoms with E-state index in [-0.39, 0.29) is 5.41 Å². The molecule has 0 amide bonds. The van der Waals surface area contributed by atoms with Crippen molar-refractivity contribution < 1.29 is 9.90 Å². The van der Waals surface area contributed by atoms with E-state index in [9.17, 15) is 9.90 Å². The van der Waals surface area contributed by atoms with Crippen LogP contribution in [0.25, 0.3) is 0 Å². The number of rotatable bonds is 5. The van der Waals surface area contributed by atoms with Gasteiger partial charge in [0.25, 0.3) is 0 Å². The highest BCUT2D eigenvalue weighted by Gasteiger charge is 2.49. The Morgan fingerprint density at radius 3 is 2.71 bits per heavy atom. The molecule has 2 fully saturated rings. The third-order valence-electron chi connectivity index (χ3n) is 6.31. The second kappa shape index (κ2) is 6.40. The van der Waals surface area contributed by atoms with Crippen LogP contribution in [0.4, 0.5) is 0 Å². The summed E-state index contributed by atoms with van der Waals surface area (Å²) in [5.41, 5.74) is -0.290. The Kier molecular flexibility index (Phi) is 5.18. The van der Waals surface area contributed by atoms with Crippen LogP contribution in [0, 0.1) is 23.2 Å². The maximum atomic E-state index is 12.3. The predicted octanol–water partition coefficient (Wildman–Crippen LogP) is 4.74. The van der Waals surface area contributed by atoms with Crippen molar-refractivity contribution in [2.45, 2.75) is 91.1 Å². The molecule has 0 radical (unpaired) electrons. The Balaban J connectivity index is 1.99. The summed E-state index contributed by atoms with van der Waals surface area (Å²) in [5.74, 6) is 2.24. The molecule has 0 spiro atoms. The van der Waals surface area contributed by atoms with Crippen LogP contribution in [0.2, 0.25) is 0 Å². The number of hydrogen-bond donors (Lipinski definition) is 1. The van der Waals surface area contributed by atoms with E-state index in [4.69, 9.17) is 0 Å². The van der Waals surface area contributed by atoms with Crippen LogP contribution in [0.1, 0.15) is 85.5 Å². The van der Waals surface area contributed by atoms with Gasteiger partial charge in [-0.3, -0.25) is 4.79 Å². The molecule has 0 saturated heterocycles. The molecule has 0 aromatic heterocycles. The molecule has 21 heavy (non-hydrogen) atoms. The minimum Gasteiger partial charge on any atom is -0.390 e. The Morgan fingerprint density at radius 1 is 1.33 bits per heavy atom. The molecule has 2 aliphatic carbocycles. The van der Waals surface area contributed by atoms with Gasteiger partial charge in [-0.2, -0.15) is 0 Å². The Labute approximate surface area is 130 Å². The van der Waals surface area contributed by atoms with E-state index in [0.717, 1.165) is 32.1 Å². The number of carbonyl (C=O) groups is 1. The lowest BCUT2D eigenvalue weighted by Crippen LogP contribution is -2.47. The molecule has 2 nitrogen and oxygen atoms in total. The van der Waals surface area contributed by atoms with Crippen LogP contribution < -0.4 is 0 Å². The normalized spacial score (nSPS) is 35.4. The Bertz CT molecular complexity index is 368. The van der Waals surface area contributed by atoms with Crippen molar-refractivity contribution in [3.63, 3.8) is 0 Å². The lowest BCUT2D eigenvalue weighted by atomic mass is 9.52. The molecular formula is C19H34O2. The zero-order valence-corrected chi connectivity index (χ0v) is 14.5. The van der Waals surface area contributed by atoms with E-state index in [1.807, 2.05) is 13.8 Å². The summed E-state index contributed by atoms with van der Waals surface area (Å²) in [6.45, 7) is 8.57. The molecule has 0 aromatic rings. The fraction of sp³-hybridized carbons (Fsp3) is 0.947. The topological polar surface area (TPSA) is 37.3 Å². The molecule has 4 atom stereocenters. The molecule has 2 saturated carbocycles. The molecular weight excluding hydrogens is 260 g/mol. The maximum absolute atomic E-state index is 12.3. The fourth-order valence-electron chi connectivity index (χ4n) is 5.16. The standard InChI is InChI=1S/C19H34O2/c1-14(8-6-12-18(2,3)21)15-9-5-10-16-17(20)11-7-13-19(15,16)4/h14-16,21H,5-13H2,1-4H3/t14-,15-,16+,19-/m1/s1. The number of carbonyl (C=O) groups excluding carboxylic acids is 1. The average molecular weight is 294 g/mol. The number of Topliss-reactive ketones (excluding diaryl/α,β-unsaturated/α-hetero) is 1. The van der Waals surface area contributed by atoms with Gasteiger partial charge in [-0.1, -0.05) is 33.1 Å². The van der Waals surface area contributed by atoms with E-state index < -0.39 is 5.60 Å². The predicted molar refractivity (Wildman–Crippen MR) is 87.1 cm³/mol. The summed E-state index contributed by atoms with van der Waals surface area (Å²) in [6, 6.07) is 0. The van der Waals surface area contributed by atoms with Gasteiger partial charge in [0.15, 0.2) is 0 Å². The van der Waals surface area contributed by atoms with E-state index >= 15 is 0 Å². The van der Waals surface area contributed by atoms with Crippen LogP contribution in [-0.4, -0.2) is 16.5 Å². The van der Waals surface area contributed by atoms with Crippen molar-refractivity contribution in [3.8, 4) is 0 Å². The molecule has 0 unspecified atom stereocenters.